The maximum absolute atomic E-state index is 12.6. The quantitative estimate of drug-likeness (QED) is 0.530. The number of rotatable bonds is 9. The van der Waals surface area contributed by atoms with Gasteiger partial charge in [-0.05, 0) is 50.5 Å². The molecule has 0 spiro atoms. The zero-order chi connectivity index (χ0) is 24.9. The number of thiophene rings is 1. The zero-order valence-corrected chi connectivity index (χ0v) is 21.1. The predicted molar refractivity (Wildman–Crippen MR) is 125 cm³/mol. The van der Waals surface area contributed by atoms with E-state index in [9.17, 15) is 22.8 Å². The lowest BCUT2D eigenvalue weighted by molar-refractivity contribution is -0.119. The van der Waals surface area contributed by atoms with Crippen LogP contribution in [-0.2, 0) is 30.7 Å². The summed E-state index contributed by atoms with van der Waals surface area (Å²) in [5.74, 6) is -1.99. The van der Waals surface area contributed by atoms with Crippen LogP contribution < -0.4 is 5.32 Å². The molecule has 11 heteroatoms. The number of sulfonamides is 1. The summed E-state index contributed by atoms with van der Waals surface area (Å²) in [6.07, 6.45) is 0.590. The summed E-state index contributed by atoms with van der Waals surface area (Å²) in [4.78, 5) is 38.2. The van der Waals surface area contributed by atoms with Crippen LogP contribution in [0.3, 0.4) is 0 Å². The summed E-state index contributed by atoms with van der Waals surface area (Å²) in [7, 11) is -0.965. The average Bonchev–Trinajstić information content (AvgIpc) is 3.06. The molecule has 0 aliphatic rings. The monoisotopic (exact) mass is 496 g/mol. The molecule has 0 atom stereocenters. The first-order valence-electron chi connectivity index (χ1n) is 10.2. The standard InChI is InChI=1S/C22H28N2O7S2/c1-7-16-14(4)32-20(19(16)22(27)30-8-2)23-18(25)12-31-21(26)17-11-15(10-9-13(17)3)33(28,29)24(5)6/h9-11H,7-8,12H2,1-6H3,(H,23,25). The molecule has 1 aromatic heterocycles. The number of hydrogen-bond donors (Lipinski definition) is 1. The van der Waals surface area contributed by atoms with E-state index in [1.54, 1.807) is 13.8 Å². The van der Waals surface area contributed by atoms with Gasteiger partial charge in [-0.3, -0.25) is 4.79 Å². The normalized spacial score (nSPS) is 11.4. The third kappa shape index (κ3) is 5.98. The first-order valence-corrected chi connectivity index (χ1v) is 12.5. The highest BCUT2D eigenvalue weighted by Gasteiger charge is 2.24. The molecule has 9 nitrogen and oxygen atoms in total. The molecule has 2 rings (SSSR count). The van der Waals surface area contributed by atoms with Gasteiger partial charge in [0.1, 0.15) is 5.00 Å². The van der Waals surface area contributed by atoms with E-state index in [2.05, 4.69) is 5.32 Å². The van der Waals surface area contributed by atoms with Crippen molar-refractivity contribution < 1.29 is 32.3 Å². The molecule has 0 fully saturated rings. The van der Waals surface area contributed by atoms with E-state index in [1.807, 2.05) is 13.8 Å². The summed E-state index contributed by atoms with van der Waals surface area (Å²) in [6, 6.07) is 4.12. The first kappa shape index (κ1) is 26.5. The molecule has 0 saturated carbocycles. The van der Waals surface area contributed by atoms with Gasteiger partial charge in [-0.15, -0.1) is 11.3 Å². The average molecular weight is 497 g/mol. The Hall–Kier alpha value is -2.76. The van der Waals surface area contributed by atoms with Crippen molar-refractivity contribution in [2.45, 2.75) is 39.0 Å². The van der Waals surface area contributed by atoms with Gasteiger partial charge in [0, 0.05) is 19.0 Å². The van der Waals surface area contributed by atoms with Crippen molar-refractivity contribution in [2.24, 2.45) is 0 Å². The summed E-state index contributed by atoms with van der Waals surface area (Å²) in [5.41, 5.74) is 1.64. The van der Waals surface area contributed by atoms with Gasteiger partial charge >= 0.3 is 11.9 Å². The molecular formula is C22H28N2O7S2. The topological polar surface area (TPSA) is 119 Å². The molecule has 0 bridgehead atoms. The van der Waals surface area contributed by atoms with E-state index in [-0.39, 0.29) is 17.1 Å². The molecule has 0 aliphatic heterocycles. The van der Waals surface area contributed by atoms with Crippen molar-refractivity contribution in [3.05, 3.63) is 45.3 Å². The van der Waals surface area contributed by atoms with Gasteiger partial charge in [-0.2, -0.15) is 0 Å². The fourth-order valence-electron chi connectivity index (χ4n) is 3.08. The van der Waals surface area contributed by atoms with Crippen LogP contribution in [0.5, 0.6) is 0 Å². The van der Waals surface area contributed by atoms with E-state index in [4.69, 9.17) is 9.47 Å². The summed E-state index contributed by atoms with van der Waals surface area (Å²) in [5, 5.41) is 2.95. The molecule has 1 N–H and O–H groups in total. The van der Waals surface area contributed by atoms with Crippen LogP contribution in [0.1, 0.15) is 50.6 Å². The maximum atomic E-state index is 12.6. The van der Waals surface area contributed by atoms with Gasteiger partial charge in [0.05, 0.1) is 22.6 Å². The Morgan fingerprint density at radius 2 is 1.73 bits per heavy atom. The molecule has 1 heterocycles. The van der Waals surface area contributed by atoms with Crippen LogP contribution in [0.25, 0.3) is 0 Å². The van der Waals surface area contributed by atoms with Crippen LogP contribution >= 0.6 is 11.3 Å². The Morgan fingerprint density at radius 1 is 1.06 bits per heavy atom. The van der Waals surface area contributed by atoms with Crippen LogP contribution in [0.15, 0.2) is 23.1 Å². The van der Waals surface area contributed by atoms with Crippen LogP contribution in [0.2, 0.25) is 0 Å². The molecule has 0 saturated heterocycles. The number of hydrogen-bond acceptors (Lipinski definition) is 8. The summed E-state index contributed by atoms with van der Waals surface area (Å²) >= 11 is 1.24. The summed E-state index contributed by atoms with van der Waals surface area (Å²) < 4.78 is 36.0. The number of nitrogens with zero attached hydrogens (tertiary/aromatic N) is 1. The molecule has 2 aromatic rings. The lowest BCUT2D eigenvalue weighted by atomic mass is 10.1. The highest BCUT2D eigenvalue weighted by molar-refractivity contribution is 7.89. The highest BCUT2D eigenvalue weighted by Crippen LogP contribution is 2.34. The Balaban J connectivity index is 2.17. The second-order valence-electron chi connectivity index (χ2n) is 7.30. The van der Waals surface area contributed by atoms with E-state index in [0.717, 1.165) is 14.7 Å². The number of benzene rings is 1. The Kier molecular flexibility index (Phi) is 8.76. The molecule has 180 valence electrons. The third-order valence-electron chi connectivity index (χ3n) is 4.84. The fourth-order valence-corrected chi connectivity index (χ4v) is 5.15. The number of esters is 2. The number of aryl methyl sites for hydroxylation is 2. The van der Waals surface area contributed by atoms with E-state index in [1.165, 1.54) is 43.6 Å². The Morgan fingerprint density at radius 3 is 2.30 bits per heavy atom. The molecule has 0 radical (unpaired) electrons. The van der Waals surface area contributed by atoms with Gasteiger partial charge in [-0.1, -0.05) is 13.0 Å². The van der Waals surface area contributed by atoms with Crippen LogP contribution in [-0.4, -0.2) is 57.9 Å². The number of ether oxygens (including phenoxy) is 2. The highest BCUT2D eigenvalue weighted by atomic mass is 32.2. The second-order valence-corrected chi connectivity index (χ2v) is 10.7. The van der Waals surface area contributed by atoms with Crippen molar-refractivity contribution in [2.75, 3.05) is 32.6 Å². The Labute approximate surface area is 197 Å². The maximum Gasteiger partial charge on any atom is 0.341 e. The lowest BCUT2D eigenvalue weighted by Crippen LogP contribution is -2.24. The number of carbonyl (C=O) groups excluding carboxylic acids is 3. The number of amides is 1. The van der Waals surface area contributed by atoms with Crippen molar-refractivity contribution >= 4 is 44.2 Å². The number of carbonyl (C=O) groups is 3. The molecular weight excluding hydrogens is 468 g/mol. The molecule has 1 amide bonds. The van der Waals surface area contributed by atoms with Gasteiger partial charge in [0.25, 0.3) is 5.91 Å². The predicted octanol–water partition coefficient (Wildman–Crippen LogP) is 3.15. The van der Waals surface area contributed by atoms with E-state index >= 15 is 0 Å². The molecule has 1 aromatic carbocycles. The van der Waals surface area contributed by atoms with Gasteiger partial charge in [0.15, 0.2) is 6.61 Å². The van der Waals surface area contributed by atoms with Gasteiger partial charge < -0.3 is 14.8 Å². The largest absolute Gasteiger partial charge is 0.462 e. The first-order chi connectivity index (χ1) is 15.4. The van der Waals surface area contributed by atoms with Crippen LogP contribution in [0, 0.1) is 13.8 Å². The fraction of sp³-hybridized carbons (Fsp3) is 0.409. The summed E-state index contributed by atoms with van der Waals surface area (Å²) in [6.45, 7) is 6.67. The smallest absolute Gasteiger partial charge is 0.341 e. The van der Waals surface area contributed by atoms with Gasteiger partial charge in [0.2, 0.25) is 10.0 Å². The SMILES string of the molecule is CCOC(=O)c1c(NC(=O)COC(=O)c2cc(S(=O)(=O)N(C)C)ccc2C)sc(C)c1CC. The second kappa shape index (κ2) is 10.9. The van der Waals surface area contributed by atoms with Crippen molar-refractivity contribution in [3.8, 4) is 0 Å². The minimum atomic E-state index is -3.74. The molecule has 0 aliphatic carbocycles. The van der Waals surface area contributed by atoms with Gasteiger partial charge in [-0.25, -0.2) is 22.3 Å². The van der Waals surface area contributed by atoms with E-state index in [0.29, 0.717) is 22.5 Å². The minimum absolute atomic E-state index is 0.0400. The van der Waals surface area contributed by atoms with E-state index < -0.39 is 34.5 Å². The molecule has 0 unspecified atom stereocenters. The third-order valence-corrected chi connectivity index (χ3v) is 7.71. The van der Waals surface area contributed by atoms with Crippen molar-refractivity contribution in [1.82, 2.24) is 4.31 Å². The van der Waals surface area contributed by atoms with Crippen molar-refractivity contribution in [3.63, 3.8) is 0 Å². The number of nitrogens with one attached hydrogen (secondary N) is 1. The zero-order valence-electron chi connectivity index (χ0n) is 19.5. The van der Waals surface area contributed by atoms with Crippen molar-refractivity contribution in [1.29, 1.82) is 0 Å². The Bertz CT molecular complexity index is 1170. The number of anilines is 1. The lowest BCUT2D eigenvalue weighted by Gasteiger charge is -2.13. The minimum Gasteiger partial charge on any atom is -0.462 e. The van der Waals surface area contributed by atoms with Crippen LogP contribution in [0.4, 0.5) is 5.00 Å². The molecule has 33 heavy (non-hydrogen) atoms.